The van der Waals surface area contributed by atoms with Crippen LogP contribution in [0, 0.1) is 0 Å². The minimum atomic E-state index is -0.542. The van der Waals surface area contributed by atoms with Crippen LogP contribution in [0.25, 0.3) is 0 Å². The number of carbonyl (C=O) groups is 1. The zero-order chi connectivity index (χ0) is 13.0. The van der Waals surface area contributed by atoms with E-state index in [2.05, 4.69) is 20.4 Å². The van der Waals surface area contributed by atoms with Crippen LogP contribution < -0.4 is 16.0 Å². The maximum atomic E-state index is 11.0. The average molecular weight is 249 g/mol. The van der Waals surface area contributed by atoms with E-state index in [1.165, 1.54) is 12.8 Å². The number of hydrogen-bond acceptors (Lipinski definition) is 5. The third-order valence-electron chi connectivity index (χ3n) is 3.26. The van der Waals surface area contributed by atoms with Crippen molar-refractivity contribution < 1.29 is 4.79 Å². The summed E-state index contributed by atoms with van der Waals surface area (Å²) in [7, 11) is 1.95. The molecule has 1 fully saturated rings. The van der Waals surface area contributed by atoms with Crippen LogP contribution in [-0.2, 0) is 0 Å². The van der Waals surface area contributed by atoms with Crippen molar-refractivity contribution in [1.29, 1.82) is 0 Å². The maximum absolute atomic E-state index is 11.0. The first-order chi connectivity index (χ1) is 8.72. The van der Waals surface area contributed by atoms with Gasteiger partial charge >= 0.3 is 0 Å². The van der Waals surface area contributed by atoms with E-state index in [9.17, 15) is 4.79 Å². The lowest BCUT2D eigenvalue weighted by atomic mass is 10.0. The fourth-order valence-corrected chi connectivity index (χ4v) is 2.36. The summed E-state index contributed by atoms with van der Waals surface area (Å²) in [4.78, 5) is 13.2. The first-order valence-corrected chi connectivity index (χ1v) is 6.27. The lowest BCUT2D eigenvalue weighted by Crippen LogP contribution is -2.45. The van der Waals surface area contributed by atoms with Gasteiger partial charge in [-0.25, -0.2) is 0 Å². The van der Waals surface area contributed by atoms with Gasteiger partial charge in [-0.15, -0.1) is 10.2 Å². The molecular formula is C12H19N5O. The number of carbonyl (C=O) groups excluding carboxylic acids is 1. The third-order valence-corrected chi connectivity index (χ3v) is 3.26. The standard InChI is InChI=1S/C12H19N5O/c1-14-8-9-4-2-3-7-17(9)11-6-5-10(12(13)18)15-16-11/h5-6,9,14H,2-4,7-8H2,1H3,(H2,13,18). The molecule has 18 heavy (non-hydrogen) atoms. The molecule has 0 aliphatic carbocycles. The second-order valence-electron chi connectivity index (χ2n) is 4.54. The normalized spacial score (nSPS) is 19.8. The number of rotatable bonds is 4. The molecule has 6 nitrogen and oxygen atoms in total. The molecule has 1 aromatic heterocycles. The van der Waals surface area contributed by atoms with Gasteiger partial charge in [-0.1, -0.05) is 0 Å². The summed E-state index contributed by atoms with van der Waals surface area (Å²) in [6.07, 6.45) is 3.56. The molecule has 3 N–H and O–H groups in total. The van der Waals surface area contributed by atoms with Crippen LogP contribution in [0.15, 0.2) is 12.1 Å². The zero-order valence-corrected chi connectivity index (χ0v) is 10.6. The predicted octanol–water partition coefficient (Wildman–Crippen LogP) is 0.154. The van der Waals surface area contributed by atoms with Crippen molar-refractivity contribution in [3.8, 4) is 0 Å². The topological polar surface area (TPSA) is 84.1 Å². The van der Waals surface area contributed by atoms with E-state index < -0.39 is 5.91 Å². The number of primary amides is 1. The molecule has 0 spiro atoms. The van der Waals surface area contributed by atoms with E-state index in [0.29, 0.717) is 6.04 Å². The molecule has 98 valence electrons. The van der Waals surface area contributed by atoms with Gasteiger partial charge in [0.05, 0.1) is 0 Å². The first-order valence-electron chi connectivity index (χ1n) is 6.27. The highest BCUT2D eigenvalue weighted by Crippen LogP contribution is 2.22. The van der Waals surface area contributed by atoms with Crippen molar-refractivity contribution in [3.05, 3.63) is 17.8 Å². The van der Waals surface area contributed by atoms with Gasteiger partial charge in [0.2, 0.25) is 0 Å². The molecule has 1 atom stereocenters. The van der Waals surface area contributed by atoms with Crippen LogP contribution >= 0.6 is 0 Å². The summed E-state index contributed by atoms with van der Waals surface area (Å²) < 4.78 is 0. The average Bonchev–Trinajstić information content (AvgIpc) is 2.40. The lowest BCUT2D eigenvalue weighted by molar-refractivity contribution is 0.0994. The SMILES string of the molecule is CNCC1CCCCN1c1ccc(C(N)=O)nn1. The number of nitrogens with zero attached hydrogens (tertiary/aromatic N) is 3. The minimum absolute atomic E-state index is 0.209. The lowest BCUT2D eigenvalue weighted by Gasteiger charge is -2.36. The maximum Gasteiger partial charge on any atom is 0.269 e. The molecule has 0 radical (unpaired) electrons. The van der Waals surface area contributed by atoms with Crippen LogP contribution in [0.5, 0.6) is 0 Å². The Hall–Kier alpha value is -1.69. The van der Waals surface area contributed by atoms with E-state index in [-0.39, 0.29) is 5.69 Å². The zero-order valence-electron chi connectivity index (χ0n) is 10.6. The van der Waals surface area contributed by atoms with Crippen LogP contribution in [-0.4, -0.2) is 42.3 Å². The van der Waals surface area contributed by atoms with Crippen LogP contribution in [0.1, 0.15) is 29.8 Å². The van der Waals surface area contributed by atoms with E-state index in [1.807, 2.05) is 13.1 Å². The van der Waals surface area contributed by atoms with Gasteiger partial charge in [-0.3, -0.25) is 4.79 Å². The van der Waals surface area contributed by atoms with Gasteiger partial charge in [-0.2, -0.15) is 0 Å². The number of anilines is 1. The van der Waals surface area contributed by atoms with Gasteiger partial charge in [-0.05, 0) is 38.4 Å². The highest BCUT2D eigenvalue weighted by molar-refractivity contribution is 5.90. The molecule has 1 aliphatic rings. The summed E-state index contributed by atoms with van der Waals surface area (Å²) in [5, 5.41) is 11.2. The monoisotopic (exact) mass is 249 g/mol. The Morgan fingerprint density at radius 2 is 2.33 bits per heavy atom. The van der Waals surface area contributed by atoms with Gasteiger partial charge in [0.15, 0.2) is 11.5 Å². The molecule has 1 amide bonds. The van der Waals surface area contributed by atoms with Crippen molar-refractivity contribution in [1.82, 2.24) is 15.5 Å². The fourth-order valence-electron chi connectivity index (χ4n) is 2.36. The third kappa shape index (κ3) is 2.76. The van der Waals surface area contributed by atoms with Crippen molar-refractivity contribution in [3.63, 3.8) is 0 Å². The van der Waals surface area contributed by atoms with Crippen LogP contribution in [0.4, 0.5) is 5.82 Å². The Morgan fingerprint density at radius 3 is 2.94 bits per heavy atom. The highest BCUT2D eigenvalue weighted by atomic mass is 16.1. The molecule has 1 aromatic rings. The first kappa shape index (κ1) is 12.8. The molecule has 0 bridgehead atoms. The summed E-state index contributed by atoms with van der Waals surface area (Å²) in [6, 6.07) is 3.90. The van der Waals surface area contributed by atoms with Crippen molar-refractivity contribution in [2.45, 2.75) is 25.3 Å². The number of piperidine rings is 1. The smallest absolute Gasteiger partial charge is 0.269 e. The summed E-state index contributed by atoms with van der Waals surface area (Å²) in [5.41, 5.74) is 5.36. The summed E-state index contributed by atoms with van der Waals surface area (Å²) in [5.74, 6) is 0.277. The second kappa shape index (κ2) is 5.77. The Bertz CT molecular complexity index is 403. The Morgan fingerprint density at radius 1 is 1.50 bits per heavy atom. The number of likely N-dealkylation sites (N-methyl/N-ethyl adjacent to an activating group) is 1. The highest BCUT2D eigenvalue weighted by Gasteiger charge is 2.23. The van der Waals surface area contributed by atoms with E-state index in [0.717, 1.165) is 25.3 Å². The molecule has 0 aromatic carbocycles. The van der Waals surface area contributed by atoms with E-state index in [4.69, 9.17) is 5.73 Å². The number of nitrogens with one attached hydrogen (secondary N) is 1. The van der Waals surface area contributed by atoms with Crippen LogP contribution in [0.2, 0.25) is 0 Å². The fraction of sp³-hybridized carbons (Fsp3) is 0.583. The molecule has 1 aliphatic heterocycles. The van der Waals surface area contributed by atoms with Crippen LogP contribution in [0.3, 0.4) is 0 Å². The number of hydrogen-bond donors (Lipinski definition) is 2. The largest absolute Gasteiger partial charge is 0.364 e. The predicted molar refractivity (Wildman–Crippen MR) is 69.5 cm³/mol. The summed E-state index contributed by atoms with van der Waals surface area (Å²) >= 11 is 0. The molecule has 2 rings (SSSR count). The molecule has 0 saturated carbocycles. The minimum Gasteiger partial charge on any atom is -0.364 e. The quantitative estimate of drug-likeness (QED) is 0.793. The van der Waals surface area contributed by atoms with E-state index in [1.54, 1.807) is 6.07 Å². The molecule has 1 saturated heterocycles. The Balaban J connectivity index is 2.15. The molecule has 6 heteroatoms. The molecule has 1 unspecified atom stereocenters. The van der Waals surface area contributed by atoms with E-state index >= 15 is 0 Å². The van der Waals surface area contributed by atoms with Crippen molar-refractivity contribution in [2.24, 2.45) is 5.73 Å². The van der Waals surface area contributed by atoms with Gasteiger partial charge in [0.1, 0.15) is 0 Å². The second-order valence-corrected chi connectivity index (χ2v) is 4.54. The van der Waals surface area contributed by atoms with Crippen molar-refractivity contribution >= 4 is 11.7 Å². The number of aromatic nitrogens is 2. The van der Waals surface area contributed by atoms with Gasteiger partial charge in [0, 0.05) is 19.1 Å². The molecular weight excluding hydrogens is 230 g/mol. The van der Waals surface area contributed by atoms with Gasteiger partial charge in [0.25, 0.3) is 5.91 Å². The van der Waals surface area contributed by atoms with Gasteiger partial charge < -0.3 is 16.0 Å². The molecule has 2 heterocycles. The number of amides is 1. The summed E-state index contributed by atoms with van der Waals surface area (Å²) in [6.45, 7) is 1.91. The van der Waals surface area contributed by atoms with Crippen molar-refractivity contribution in [2.75, 3.05) is 25.0 Å². The Labute approximate surface area is 107 Å². The Kier molecular flexibility index (Phi) is 4.09. The number of nitrogens with two attached hydrogens (primary N) is 1.